The maximum atomic E-state index is 5.42. The lowest BCUT2D eigenvalue weighted by atomic mass is 9.92. The Bertz CT molecular complexity index is 2550. The third kappa shape index (κ3) is 8.50. The van der Waals surface area contributed by atoms with Gasteiger partial charge in [0.25, 0.3) is 0 Å². The Balaban J connectivity index is 1.08. The lowest BCUT2D eigenvalue weighted by Crippen LogP contribution is -2.11. The van der Waals surface area contributed by atoms with E-state index in [1.165, 1.54) is 22.1 Å². The van der Waals surface area contributed by atoms with Crippen molar-refractivity contribution in [1.29, 1.82) is 0 Å². The van der Waals surface area contributed by atoms with Crippen molar-refractivity contribution in [2.24, 2.45) is 0 Å². The first-order chi connectivity index (χ1) is 28.7. The molecule has 0 unspecified atom stereocenters. The minimum absolute atomic E-state index is 0.818. The molecule has 0 atom stereocenters. The van der Waals surface area contributed by atoms with Crippen molar-refractivity contribution in [3.8, 4) is 11.5 Å². The Morgan fingerprint density at radius 1 is 0.621 bits per heavy atom. The summed E-state index contributed by atoms with van der Waals surface area (Å²) in [7, 11) is 3.37. The van der Waals surface area contributed by atoms with Crippen LogP contribution in [0.25, 0.3) is 28.5 Å². The van der Waals surface area contributed by atoms with Gasteiger partial charge in [-0.1, -0.05) is 127 Å². The van der Waals surface area contributed by atoms with Crippen LogP contribution in [0.3, 0.4) is 0 Å². The number of methoxy groups -OCH3 is 2. The number of rotatable bonds is 13. The fraction of sp³-hybridized carbons (Fsp3) is 0.0741. The fourth-order valence-electron chi connectivity index (χ4n) is 7.30. The summed E-state index contributed by atoms with van der Waals surface area (Å²) in [5.41, 5.74) is 11.1. The van der Waals surface area contributed by atoms with Crippen LogP contribution in [0.2, 0.25) is 0 Å². The molecule has 0 fully saturated rings. The standard InChI is InChI=1S/C54H44N2O2/c1-57-49-35-31-47(32-36-49)56(48-33-37-50(58-2)38-34-48)46-29-26-41(27-30-46)16-12-13-21-44-28-39-54(52-25-15-14-24-51(44)52)55(45-22-10-5-11-23-45)40-53(42-17-6-3-7-18-42)43-19-8-4-9-20-43/h3-8,10,12-19,21-22,24-40H,9,20H2,1-2H3/b16-12+,21-13+,53-40-. The fourth-order valence-corrected chi connectivity index (χ4v) is 7.30. The zero-order valence-corrected chi connectivity index (χ0v) is 32.8. The number of ether oxygens (including phenoxy) is 2. The van der Waals surface area contributed by atoms with Gasteiger partial charge < -0.3 is 19.3 Å². The van der Waals surface area contributed by atoms with Crippen molar-refractivity contribution in [1.82, 2.24) is 0 Å². The van der Waals surface area contributed by atoms with Crippen LogP contribution in [0, 0.1) is 12.1 Å². The van der Waals surface area contributed by atoms with E-state index in [2.05, 4.69) is 192 Å². The second-order valence-corrected chi connectivity index (χ2v) is 13.9. The molecule has 4 nitrogen and oxygen atoms in total. The summed E-state index contributed by atoms with van der Waals surface area (Å²) in [4.78, 5) is 4.49. The lowest BCUT2D eigenvalue weighted by molar-refractivity contribution is 0.415. The van der Waals surface area contributed by atoms with Gasteiger partial charge in [-0.25, -0.2) is 0 Å². The van der Waals surface area contributed by atoms with E-state index in [1.807, 2.05) is 36.4 Å². The molecular weight excluding hydrogens is 709 g/mol. The van der Waals surface area contributed by atoms with Crippen molar-refractivity contribution in [2.75, 3.05) is 24.0 Å². The summed E-state index contributed by atoms with van der Waals surface area (Å²) in [5, 5.41) is 2.33. The number of anilines is 5. The normalized spacial score (nSPS) is 12.7. The van der Waals surface area contributed by atoms with Crippen molar-refractivity contribution in [3.05, 3.63) is 229 Å². The minimum atomic E-state index is 0.818. The third-order valence-corrected chi connectivity index (χ3v) is 10.3. The molecule has 0 bridgehead atoms. The maximum absolute atomic E-state index is 5.42. The van der Waals surface area contributed by atoms with Gasteiger partial charge >= 0.3 is 0 Å². The van der Waals surface area contributed by atoms with Gasteiger partial charge in [-0.3, -0.25) is 0 Å². The van der Waals surface area contributed by atoms with Crippen molar-refractivity contribution < 1.29 is 9.47 Å². The molecule has 4 heteroatoms. The van der Waals surface area contributed by atoms with Crippen LogP contribution in [0.4, 0.5) is 28.4 Å². The zero-order valence-electron chi connectivity index (χ0n) is 32.8. The predicted molar refractivity (Wildman–Crippen MR) is 243 cm³/mol. The van der Waals surface area contributed by atoms with Crippen LogP contribution >= 0.6 is 0 Å². The van der Waals surface area contributed by atoms with Crippen molar-refractivity contribution >= 4 is 56.9 Å². The molecule has 8 rings (SSSR count). The summed E-state index contributed by atoms with van der Waals surface area (Å²) in [5.74, 6) is 1.64. The molecule has 0 spiro atoms. The molecule has 7 aromatic carbocycles. The second-order valence-electron chi connectivity index (χ2n) is 13.9. The topological polar surface area (TPSA) is 24.9 Å². The molecule has 1 aliphatic rings. The molecule has 0 saturated heterocycles. The van der Waals surface area contributed by atoms with E-state index in [0.717, 1.165) is 69.3 Å². The van der Waals surface area contributed by atoms with Gasteiger partial charge in [0, 0.05) is 34.2 Å². The van der Waals surface area contributed by atoms with Crippen molar-refractivity contribution in [2.45, 2.75) is 12.8 Å². The first-order valence-electron chi connectivity index (χ1n) is 19.5. The molecule has 0 N–H and O–H groups in total. The zero-order chi connectivity index (χ0) is 39.5. The van der Waals surface area contributed by atoms with Crippen LogP contribution < -0.4 is 19.3 Å². The first kappa shape index (κ1) is 37.4. The number of hydrogen-bond acceptors (Lipinski definition) is 4. The number of benzene rings is 6. The number of fused-ring (bicyclic) bond motifs is 1. The number of nitrogens with zero attached hydrogens (tertiary/aromatic N) is 2. The van der Waals surface area contributed by atoms with E-state index >= 15 is 0 Å². The Labute approximate surface area is 342 Å². The third-order valence-electron chi connectivity index (χ3n) is 10.3. The van der Waals surface area contributed by atoms with Crippen LogP contribution in [-0.2, 0) is 0 Å². The minimum Gasteiger partial charge on any atom is -0.497 e. The van der Waals surface area contributed by atoms with Gasteiger partial charge in [0.1, 0.15) is 11.5 Å². The summed E-state index contributed by atoms with van der Waals surface area (Å²) < 4.78 is 10.8. The summed E-state index contributed by atoms with van der Waals surface area (Å²) in [6.07, 6.45) is 19.5. The monoisotopic (exact) mass is 752 g/mol. The lowest BCUT2D eigenvalue weighted by Gasteiger charge is -2.26. The summed E-state index contributed by atoms with van der Waals surface area (Å²) >= 11 is 0. The van der Waals surface area contributed by atoms with Gasteiger partial charge in [-0.15, -0.1) is 0 Å². The van der Waals surface area contributed by atoms with E-state index in [1.54, 1.807) is 14.2 Å². The molecule has 58 heavy (non-hydrogen) atoms. The molecule has 0 radical (unpaired) electrons. The van der Waals surface area contributed by atoms with Crippen LogP contribution in [0.5, 0.6) is 11.5 Å². The average molecular weight is 753 g/mol. The van der Waals surface area contributed by atoms with Crippen LogP contribution in [0.15, 0.2) is 200 Å². The quantitative estimate of drug-likeness (QED) is 0.110. The highest BCUT2D eigenvalue weighted by Crippen LogP contribution is 2.39. The van der Waals surface area contributed by atoms with E-state index in [-0.39, 0.29) is 0 Å². The smallest absolute Gasteiger partial charge is 0.119 e. The number of allylic oxidation sites excluding steroid dienone is 7. The molecule has 0 heterocycles. The van der Waals surface area contributed by atoms with Gasteiger partial charge in [0.05, 0.1) is 25.6 Å². The molecule has 0 aromatic heterocycles. The highest BCUT2D eigenvalue weighted by Gasteiger charge is 2.17. The molecule has 1 aliphatic carbocycles. The Morgan fingerprint density at radius 3 is 1.88 bits per heavy atom. The highest BCUT2D eigenvalue weighted by atomic mass is 16.5. The van der Waals surface area contributed by atoms with Gasteiger partial charge in [0.2, 0.25) is 0 Å². The number of hydrogen-bond donors (Lipinski definition) is 0. The van der Waals surface area contributed by atoms with Gasteiger partial charge in [-0.05, 0) is 125 Å². The first-order valence-corrected chi connectivity index (χ1v) is 19.5. The van der Waals surface area contributed by atoms with E-state index in [4.69, 9.17) is 9.47 Å². The Hall–Kier alpha value is -7.48. The Kier molecular flexibility index (Phi) is 11.6. The molecule has 0 amide bonds. The molecule has 0 aliphatic heterocycles. The summed E-state index contributed by atoms with van der Waals surface area (Å²) in [6, 6.07) is 61.1. The van der Waals surface area contributed by atoms with E-state index in [9.17, 15) is 0 Å². The van der Waals surface area contributed by atoms with E-state index in [0.29, 0.717) is 0 Å². The van der Waals surface area contributed by atoms with Gasteiger partial charge in [0.15, 0.2) is 0 Å². The maximum Gasteiger partial charge on any atom is 0.119 e. The van der Waals surface area contributed by atoms with E-state index < -0.39 is 0 Å². The van der Waals surface area contributed by atoms with Crippen LogP contribution in [-0.4, -0.2) is 14.2 Å². The van der Waals surface area contributed by atoms with Crippen LogP contribution in [0.1, 0.15) is 29.5 Å². The molecule has 7 aromatic rings. The molecule has 282 valence electrons. The predicted octanol–water partition coefficient (Wildman–Crippen LogP) is 14.1. The molecule has 0 saturated carbocycles. The largest absolute Gasteiger partial charge is 0.497 e. The van der Waals surface area contributed by atoms with Crippen molar-refractivity contribution in [3.63, 3.8) is 0 Å². The second kappa shape index (κ2) is 18.0. The van der Waals surface area contributed by atoms with Gasteiger partial charge in [-0.2, -0.15) is 0 Å². The molecular formula is C54H44N2O2. The highest BCUT2D eigenvalue weighted by molar-refractivity contribution is 6.02. The average Bonchev–Trinajstić information content (AvgIpc) is 3.30. The SMILES string of the molecule is COc1ccc(N(c2ccc(/C=C/C=C/c3ccc(N(/C=C(\C4=CC=CCC4)c4ccccc4)c4c#cccc4)c4ccccc34)cc2)c2ccc(OC)cc2)cc1. The summed E-state index contributed by atoms with van der Waals surface area (Å²) in [6.45, 7) is 0. The Morgan fingerprint density at radius 2 is 1.26 bits per heavy atom.